The molecular formula is C37H41N3O. The molecule has 1 fully saturated rings. The first kappa shape index (κ1) is 25.1. The Bertz CT molecular complexity index is 1580. The van der Waals surface area contributed by atoms with Gasteiger partial charge in [-0.05, 0) is 67.7 Å². The number of allylic oxidation sites excluding steroid dienone is 11. The minimum Gasteiger partial charge on any atom is -0.444 e. The van der Waals surface area contributed by atoms with Gasteiger partial charge in [-0.3, -0.25) is 0 Å². The molecule has 4 unspecified atom stereocenters. The lowest BCUT2D eigenvalue weighted by atomic mass is 9.75. The predicted molar refractivity (Wildman–Crippen MR) is 169 cm³/mol. The average molecular weight is 544 g/mol. The van der Waals surface area contributed by atoms with Crippen molar-refractivity contribution in [1.82, 2.24) is 9.80 Å². The second-order valence-electron chi connectivity index (χ2n) is 13.1. The SMILES string of the molecule is C=C(C)C1CC(C2=CC=CCC2)=CC(C(C)C)=C1N1C2=C(CCC=C2)N2CC3C=Cc4c(oc5c4C=CCN5)C3C21. The quantitative estimate of drug-likeness (QED) is 0.385. The molecule has 0 saturated carbocycles. The Kier molecular flexibility index (Phi) is 5.77. The van der Waals surface area contributed by atoms with Crippen LogP contribution in [0.3, 0.4) is 0 Å². The zero-order valence-electron chi connectivity index (χ0n) is 24.6. The molecule has 0 aromatic carbocycles. The molecule has 4 aliphatic carbocycles. The highest BCUT2D eigenvalue weighted by Crippen LogP contribution is 2.57. The summed E-state index contributed by atoms with van der Waals surface area (Å²) in [4.78, 5) is 5.51. The molecule has 0 bridgehead atoms. The maximum absolute atomic E-state index is 6.72. The molecule has 1 aromatic heterocycles. The molecule has 1 N–H and O–H groups in total. The van der Waals surface area contributed by atoms with Crippen molar-refractivity contribution in [3.63, 3.8) is 0 Å². The zero-order valence-corrected chi connectivity index (χ0v) is 24.6. The summed E-state index contributed by atoms with van der Waals surface area (Å²) in [6.07, 6.45) is 29.2. The number of nitrogens with one attached hydrogen (secondary N) is 1. The molecule has 4 nitrogen and oxygen atoms in total. The van der Waals surface area contributed by atoms with Gasteiger partial charge in [0.1, 0.15) is 11.9 Å². The van der Waals surface area contributed by atoms with Crippen LogP contribution in [0.15, 0.2) is 99.0 Å². The highest BCUT2D eigenvalue weighted by atomic mass is 16.4. The van der Waals surface area contributed by atoms with Crippen molar-refractivity contribution in [3.05, 3.63) is 111 Å². The van der Waals surface area contributed by atoms with Crippen LogP contribution in [0.1, 0.15) is 75.7 Å². The summed E-state index contributed by atoms with van der Waals surface area (Å²) in [7, 11) is 0. The van der Waals surface area contributed by atoms with Gasteiger partial charge in [0.15, 0.2) is 0 Å². The van der Waals surface area contributed by atoms with Gasteiger partial charge in [0.2, 0.25) is 5.88 Å². The first-order valence-corrected chi connectivity index (χ1v) is 15.7. The van der Waals surface area contributed by atoms with Crippen LogP contribution in [0.25, 0.3) is 12.2 Å². The van der Waals surface area contributed by atoms with Crippen molar-refractivity contribution in [2.75, 3.05) is 18.4 Å². The van der Waals surface area contributed by atoms with E-state index in [9.17, 15) is 0 Å². The summed E-state index contributed by atoms with van der Waals surface area (Å²) in [6, 6.07) is 0. The molecule has 3 aliphatic heterocycles. The van der Waals surface area contributed by atoms with Gasteiger partial charge in [-0.2, -0.15) is 0 Å². The van der Waals surface area contributed by atoms with E-state index in [1.54, 1.807) is 0 Å². The largest absolute Gasteiger partial charge is 0.444 e. The normalized spacial score (nSPS) is 29.3. The fraction of sp³-hybridized carbons (Fsp3) is 0.405. The maximum Gasteiger partial charge on any atom is 0.201 e. The molecule has 4 heteroatoms. The topological polar surface area (TPSA) is 31.6 Å². The number of anilines is 1. The molecule has 4 heterocycles. The Morgan fingerprint density at radius 2 is 1.93 bits per heavy atom. The summed E-state index contributed by atoms with van der Waals surface area (Å²) < 4.78 is 6.72. The minimum atomic E-state index is 0.213. The number of furan rings is 1. The van der Waals surface area contributed by atoms with Gasteiger partial charge in [-0.25, -0.2) is 0 Å². The number of hydrogen-bond donors (Lipinski definition) is 1. The first-order chi connectivity index (χ1) is 20.0. The van der Waals surface area contributed by atoms with Crippen LogP contribution >= 0.6 is 0 Å². The second kappa shape index (κ2) is 9.44. The fourth-order valence-electron chi connectivity index (χ4n) is 8.36. The highest BCUT2D eigenvalue weighted by Gasteiger charge is 2.55. The molecule has 8 rings (SSSR count). The van der Waals surface area contributed by atoms with Gasteiger partial charge in [0.25, 0.3) is 0 Å². The lowest BCUT2D eigenvalue weighted by Crippen LogP contribution is -2.42. The van der Waals surface area contributed by atoms with Crippen LogP contribution in [0, 0.1) is 17.8 Å². The van der Waals surface area contributed by atoms with E-state index in [-0.39, 0.29) is 18.0 Å². The molecule has 210 valence electrons. The molecule has 41 heavy (non-hydrogen) atoms. The number of rotatable bonds is 4. The highest BCUT2D eigenvalue weighted by molar-refractivity contribution is 5.78. The molecule has 0 radical (unpaired) electrons. The third-order valence-corrected chi connectivity index (χ3v) is 10.3. The summed E-state index contributed by atoms with van der Waals surface area (Å²) in [6.45, 7) is 13.5. The average Bonchev–Trinajstić information content (AvgIpc) is 3.65. The lowest BCUT2D eigenvalue weighted by molar-refractivity contribution is 0.175. The van der Waals surface area contributed by atoms with E-state index in [0.717, 1.165) is 56.8 Å². The third kappa shape index (κ3) is 3.72. The van der Waals surface area contributed by atoms with Crippen LogP contribution in [-0.4, -0.2) is 29.1 Å². The van der Waals surface area contributed by atoms with Gasteiger partial charge in [-0.1, -0.05) is 80.7 Å². The van der Waals surface area contributed by atoms with Crippen LogP contribution in [-0.2, 0) is 0 Å². The molecule has 1 aromatic rings. The van der Waals surface area contributed by atoms with Gasteiger partial charge in [-0.15, -0.1) is 0 Å². The van der Waals surface area contributed by atoms with Crippen molar-refractivity contribution >= 4 is 18.0 Å². The zero-order chi connectivity index (χ0) is 27.8. The van der Waals surface area contributed by atoms with E-state index >= 15 is 0 Å². The van der Waals surface area contributed by atoms with E-state index in [2.05, 4.69) is 103 Å². The predicted octanol–water partition coefficient (Wildman–Crippen LogP) is 8.67. The van der Waals surface area contributed by atoms with Gasteiger partial charge >= 0.3 is 0 Å². The summed E-state index contributed by atoms with van der Waals surface area (Å²) in [5.74, 6) is 3.51. The van der Waals surface area contributed by atoms with Crippen molar-refractivity contribution in [2.24, 2.45) is 17.8 Å². The van der Waals surface area contributed by atoms with Gasteiger partial charge < -0.3 is 19.5 Å². The van der Waals surface area contributed by atoms with Crippen LogP contribution in [0.5, 0.6) is 0 Å². The van der Waals surface area contributed by atoms with E-state index < -0.39 is 0 Å². The van der Waals surface area contributed by atoms with Crippen molar-refractivity contribution in [3.8, 4) is 0 Å². The smallest absolute Gasteiger partial charge is 0.201 e. The lowest BCUT2D eigenvalue weighted by Gasteiger charge is -2.42. The Hall–Kier alpha value is -3.66. The third-order valence-electron chi connectivity index (χ3n) is 10.3. The minimum absolute atomic E-state index is 0.213. The van der Waals surface area contributed by atoms with Crippen LogP contribution in [0.4, 0.5) is 5.88 Å². The van der Waals surface area contributed by atoms with Gasteiger partial charge in [0.05, 0.1) is 11.6 Å². The van der Waals surface area contributed by atoms with E-state index in [1.807, 2.05) is 0 Å². The first-order valence-electron chi connectivity index (χ1n) is 15.7. The Labute approximate surface area is 244 Å². The summed E-state index contributed by atoms with van der Waals surface area (Å²) in [5.41, 5.74) is 12.6. The molecule has 4 atom stereocenters. The Morgan fingerprint density at radius 1 is 1.05 bits per heavy atom. The molecular weight excluding hydrogens is 502 g/mol. The van der Waals surface area contributed by atoms with Crippen molar-refractivity contribution in [2.45, 2.75) is 65.0 Å². The van der Waals surface area contributed by atoms with Gasteiger partial charge in [0, 0.05) is 47.4 Å². The monoisotopic (exact) mass is 543 g/mol. The Morgan fingerprint density at radius 3 is 2.73 bits per heavy atom. The van der Waals surface area contributed by atoms with E-state index in [4.69, 9.17) is 4.42 Å². The number of fused-ring (bicyclic) bond motifs is 8. The van der Waals surface area contributed by atoms with E-state index in [1.165, 1.54) is 50.5 Å². The summed E-state index contributed by atoms with van der Waals surface area (Å²) in [5, 5.41) is 3.49. The van der Waals surface area contributed by atoms with Crippen LogP contribution < -0.4 is 5.32 Å². The van der Waals surface area contributed by atoms with Crippen LogP contribution in [0.2, 0.25) is 0 Å². The summed E-state index contributed by atoms with van der Waals surface area (Å²) >= 11 is 0. The Balaban J connectivity index is 1.32. The molecule has 0 amide bonds. The molecule has 0 spiro atoms. The van der Waals surface area contributed by atoms with E-state index in [0.29, 0.717) is 11.8 Å². The fourth-order valence-corrected chi connectivity index (χ4v) is 8.36. The number of nitrogens with zero attached hydrogens (tertiary/aromatic N) is 2. The van der Waals surface area contributed by atoms with Crippen molar-refractivity contribution in [1.29, 1.82) is 0 Å². The second-order valence-corrected chi connectivity index (χ2v) is 13.1. The molecule has 1 saturated heterocycles. The molecule has 7 aliphatic rings. The number of hydrogen-bond acceptors (Lipinski definition) is 4. The van der Waals surface area contributed by atoms with Crippen molar-refractivity contribution < 1.29 is 4.42 Å². The maximum atomic E-state index is 6.72. The standard InChI is InChI=1S/C37H41N3O/c1-22(2)29-19-26(24-11-6-5-7-12-24)20-30(23(3)4)34(29)40-32-15-9-8-14-31(32)39-21-25-16-17-27-28-13-10-18-38-36(28)41-35(27)33(25)37(39)40/h5-6,9-11,13,15-17,20,23,25,29,33,37-38H,1,7-8,12,14,18-19,21H2,2-4H3.